The first-order valence-electron chi connectivity index (χ1n) is 12.8. The highest BCUT2D eigenvalue weighted by molar-refractivity contribution is 4.84. The highest BCUT2D eigenvalue weighted by Gasteiger charge is 2.33. The summed E-state index contributed by atoms with van der Waals surface area (Å²) in [4.78, 5) is 0. The van der Waals surface area contributed by atoms with E-state index in [0.717, 1.165) is 35.5 Å². The summed E-state index contributed by atoms with van der Waals surface area (Å²) >= 11 is 0. The molecule has 0 bridgehead atoms. The first-order chi connectivity index (χ1) is 12.8. The molecule has 0 aromatic carbocycles. The van der Waals surface area contributed by atoms with Crippen molar-refractivity contribution in [2.45, 2.75) is 129 Å². The van der Waals surface area contributed by atoms with Gasteiger partial charge in [0.15, 0.2) is 0 Å². The molecule has 3 saturated carbocycles. The molecule has 0 heteroatoms. The van der Waals surface area contributed by atoms with Crippen LogP contribution in [-0.2, 0) is 0 Å². The predicted molar refractivity (Wildman–Crippen MR) is 115 cm³/mol. The van der Waals surface area contributed by atoms with E-state index >= 15 is 0 Å². The van der Waals surface area contributed by atoms with Gasteiger partial charge in [-0.25, -0.2) is 0 Å². The molecule has 0 nitrogen and oxygen atoms in total. The Morgan fingerprint density at radius 1 is 0.731 bits per heavy atom. The minimum absolute atomic E-state index is 0.995. The van der Waals surface area contributed by atoms with Gasteiger partial charge in [0.05, 0.1) is 0 Å². The van der Waals surface area contributed by atoms with Crippen molar-refractivity contribution in [2.24, 2.45) is 35.5 Å². The van der Waals surface area contributed by atoms with Gasteiger partial charge in [0.25, 0.3) is 0 Å². The van der Waals surface area contributed by atoms with Gasteiger partial charge in [0.1, 0.15) is 0 Å². The van der Waals surface area contributed by atoms with Crippen molar-refractivity contribution in [1.82, 2.24) is 0 Å². The summed E-state index contributed by atoms with van der Waals surface area (Å²) in [5.74, 6) is 6.36. The van der Waals surface area contributed by atoms with E-state index in [1.165, 1.54) is 64.2 Å². The minimum atomic E-state index is 0.995. The van der Waals surface area contributed by atoms with Crippen LogP contribution in [0.4, 0.5) is 0 Å². The molecule has 26 heavy (non-hydrogen) atoms. The summed E-state index contributed by atoms with van der Waals surface area (Å²) in [6.07, 6.45) is 27.6. The maximum atomic E-state index is 2.62. The Morgan fingerprint density at radius 3 is 1.92 bits per heavy atom. The average Bonchev–Trinajstić information content (AvgIpc) is 3.42. The van der Waals surface area contributed by atoms with Crippen molar-refractivity contribution in [2.75, 3.05) is 0 Å². The highest BCUT2D eigenvalue weighted by atomic mass is 14.4. The van der Waals surface area contributed by atoms with Crippen LogP contribution in [0.2, 0.25) is 0 Å². The second-order valence-electron chi connectivity index (χ2n) is 10.6. The predicted octanol–water partition coefficient (Wildman–Crippen LogP) is 8.79. The maximum absolute atomic E-state index is 2.62. The van der Waals surface area contributed by atoms with Crippen LogP contribution in [0, 0.1) is 35.5 Å². The molecule has 0 aromatic rings. The van der Waals surface area contributed by atoms with E-state index in [4.69, 9.17) is 0 Å². The smallest absolute Gasteiger partial charge is 0.0357 e. The van der Waals surface area contributed by atoms with Crippen LogP contribution in [0.1, 0.15) is 129 Å². The van der Waals surface area contributed by atoms with Gasteiger partial charge >= 0.3 is 0 Å². The molecule has 3 atom stereocenters. The molecule has 0 heterocycles. The molecule has 0 aliphatic heterocycles. The van der Waals surface area contributed by atoms with Crippen LogP contribution < -0.4 is 0 Å². The number of hydrogen-bond acceptors (Lipinski definition) is 0. The number of rotatable bonds is 11. The molecule has 3 aliphatic rings. The van der Waals surface area contributed by atoms with E-state index < -0.39 is 0 Å². The van der Waals surface area contributed by atoms with Crippen LogP contribution in [0.25, 0.3) is 0 Å². The molecule has 0 aromatic heterocycles. The second-order valence-corrected chi connectivity index (χ2v) is 10.6. The SMILES string of the molecule is CCCC(C1CCCC1)C(CCCC1CCCC1)CC(C)C1CCCC1. The summed E-state index contributed by atoms with van der Waals surface area (Å²) in [6, 6.07) is 0. The Morgan fingerprint density at radius 2 is 1.31 bits per heavy atom. The third-order valence-electron chi connectivity index (χ3n) is 8.77. The largest absolute Gasteiger partial charge is 0.0654 e. The fourth-order valence-electron chi connectivity index (χ4n) is 7.25. The molecular formula is C26H48. The first-order valence-corrected chi connectivity index (χ1v) is 12.8. The van der Waals surface area contributed by atoms with E-state index in [0.29, 0.717) is 0 Å². The molecule has 3 unspecified atom stereocenters. The lowest BCUT2D eigenvalue weighted by molar-refractivity contribution is 0.151. The monoisotopic (exact) mass is 360 g/mol. The van der Waals surface area contributed by atoms with E-state index in [1.807, 2.05) is 0 Å². The van der Waals surface area contributed by atoms with E-state index in [2.05, 4.69) is 13.8 Å². The van der Waals surface area contributed by atoms with Gasteiger partial charge in [0, 0.05) is 0 Å². The van der Waals surface area contributed by atoms with Gasteiger partial charge in [-0.2, -0.15) is 0 Å². The van der Waals surface area contributed by atoms with Gasteiger partial charge in [-0.3, -0.25) is 0 Å². The zero-order valence-electron chi connectivity index (χ0n) is 18.2. The van der Waals surface area contributed by atoms with E-state index in [1.54, 1.807) is 51.4 Å². The zero-order chi connectivity index (χ0) is 18.2. The van der Waals surface area contributed by atoms with Crippen LogP contribution >= 0.6 is 0 Å². The summed E-state index contributed by atoms with van der Waals surface area (Å²) in [7, 11) is 0. The van der Waals surface area contributed by atoms with Crippen molar-refractivity contribution in [3.05, 3.63) is 0 Å². The Hall–Kier alpha value is 0. The molecule has 0 N–H and O–H groups in total. The highest BCUT2D eigenvalue weighted by Crippen LogP contribution is 2.44. The first kappa shape index (κ1) is 20.7. The molecule has 3 fully saturated rings. The van der Waals surface area contributed by atoms with Gasteiger partial charge in [-0.15, -0.1) is 0 Å². The molecule has 0 amide bonds. The lowest BCUT2D eigenvalue weighted by Gasteiger charge is -2.35. The normalized spacial score (nSPS) is 26.5. The van der Waals surface area contributed by atoms with Crippen LogP contribution in [0.15, 0.2) is 0 Å². The Bertz CT molecular complexity index is 354. The molecule has 0 spiro atoms. The topological polar surface area (TPSA) is 0 Å². The van der Waals surface area contributed by atoms with E-state index in [-0.39, 0.29) is 0 Å². The zero-order valence-corrected chi connectivity index (χ0v) is 18.2. The van der Waals surface area contributed by atoms with Gasteiger partial charge in [-0.1, -0.05) is 123 Å². The molecule has 3 rings (SSSR count). The lowest BCUT2D eigenvalue weighted by Crippen LogP contribution is -2.26. The standard InChI is InChI=1S/C26H48/c1-3-11-26(24-17-8-9-18-24)25(19-10-14-22-12-4-5-13-22)20-21(2)23-15-6-7-16-23/h21-26H,3-20H2,1-2H3. The summed E-state index contributed by atoms with van der Waals surface area (Å²) < 4.78 is 0. The Kier molecular flexibility index (Phi) is 8.86. The Balaban J connectivity index is 1.57. The fourth-order valence-corrected chi connectivity index (χ4v) is 7.25. The van der Waals surface area contributed by atoms with Crippen molar-refractivity contribution >= 4 is 0 Å². The number of hydrogen-bond donors (Lipinski definition) is 0. The molecule has 0 radical (unpaired) electrons. The third kappa shape index (κ3) is 6.00. The third-order valence-corrected chi connectivity index (χ3v) is 8.77. The molecule has 0 saturated heterocycles. The van der Waals surface area contributed by atoms with Crippen molar-refractivity contribution in [3.8, 4) is 0 Å². The van der Waals surface area contributed by atoms with Gasteiger partial charge in [-0.05, 0) is 41.9 Å². The molecule has 152 valence electrons. The minimum Gasteiger partial charge on any atom is -0.0654 e. The summed E-state index contributed by atoms with van der Waals surface area (Å²) in [5.41, 5.74) is 0. The van der Waals surface area contributed by atoms with Gasteiger partial charge < -0.3 is 0 Å². The van der Waals surface area contributed by atoms with E-state index in [9.17, 15) is 0 Å². The van der Waals surface area contributed by atoms with Crippen molar-refractivity contribution in [1.29, 1.82) is 0 Å². The van der Waals surface area contributed by atoms with Crippen LogP contribution in [0.3, 0.4) is 0 Å². The molecule has 3 aliphatic carbocycles. The van der Waals surface area contributed by atoms with Gasteiger partial charge in [0.2, 0.25) is 0 Å². The summed E-state index contributed by atoms with van der Waals surface area (Å²) in [6.45, 7) is 5.07. The molecular weight excluding hydrogens is 312 g/mol. The fraction of sp³-hybridized carbons (Fsp3) is 1.00. The van der Waals surface area contributed by atoms with Crippen LogP contribution in [-0.4, -0.2) is 0 Å². The quantitative estimate of drug-likeness (QED) is 0.345. The second kappa shape index (κ2) is 11.1. The van der Waals surface area contributed by atoms with Crippen molar-refractivity contribution < 1.29 is 0 Å². The maximum Gasteiger partial charge on any atom is -0.0357 e. The average molecular weight is 361 g/mol. The Labute approximate surface area is 165 Å². The van der Waals surface area contributed by atoms with Crippen molar-refractivity contribution in [3.63, 3.8) is 0 Å². The summed E-state index contributed by atoms with van der Waals surface area (Å²) in [5, 5.41) is 0. The lowest BCUT2D eigenvalue weighted by atomic mass is 9.70. The van der Waals surface area contributed by atoms with Crippen LogP contribution in [0.5, 0.6) is 0 Å².